The second kappa shape index (κ2) is 11.6. The molecular weight excluding hydrogens is 381 g/mol. The van der Waals surface area contributed by atoms with Crippen LogP contribution in [0.4, 0.5) is 4.39 Å². The molecule has 1 aliphatic heterocycles. The predicted octanol–water partition coefficient (Wildman–Crippen LogP) is 5.76. The zero-order chi connectivity index (χ0) is 18.2. The van der Waals surface area contributed by atoms with Gasteiger partial charge in [-0.1, -0.05) is 24.6 Å². The smallest absolute Gasteiger partial charge is 0.188 e. The summed E-state index contributed by atoms with van der Waals surface area (Å²) in [5, 5.41) is 0.820. The highest BCUT2D eigenvalue weighted by Gasteiger charge is 2.09. The van der Waals surface area contributed by atoms with Gasteiger partial charge in [0.15, 0.2) is 5.16 Å². The van der Waals surface area contributed by atoms with Crippen LogP contribution in [-0.4, -0.2) is 40.3 Å². The standard InChI is InChI=1S/C21H28FN3S.ClH/c1-17-16-20(18-8-10-19(22)11-9-18)24-21(23-17)26-15-7-3-6-14-25-12-4-2-5-13-25;/h8-11,16H,2-7,12-15H2,1H3;1H. The van der Waals surface area contributed by atoms with Crippen LogP contribution < -0.4 is 0 Å². The Labute approximate surface area is 172 Å². The van der Waals surface area contributed by atoms with Crippen LogP contribution in [-0.2, 0) is 0 Å². The lowest BCUT2D eigenvalue weighted by Gasteiger charge is -2.26. The molecule has 2 heterocycles. The highest BCUT2D eigenvalue weighted by atomic mass is 35.5. The summed E-state index contributed by atoms with van der Waals surface area (Å²) in [5.74, 6) is 0.824. The highest BCUT2D eigenvalue weighted by molar-refractivity contribution is 7.99. The minimum atomic E-state index is -0.223. The van der Waals surface area contributed by atoms with Crippen LogP contribution in [0.15, 0.2) is 35.5 Å². The monoisotopic (exact) mass is 409 g/mol. The van der Waals surface area contributed by atoms with Crippen LogP contribution in [0.1, 0.15) is 44.2 Å². The van der Waals surface area contributed by atoms with Gasteiger partial charge < -0.3 is 4.90 Å². The van der Waals surface area contributed by atoms with E-state index in [4.69, 9.17) is 0 Å². The first-order chi connectivity index (χ1) is 12.7. The summed E-state index contributed by atoms with van der Waals surface area (Å²) < 4.78 is 13.1. The van der Waals surface area contributed by atoms with E-state index in [-0.39, 0.29) is 18.2 Å². The van der Waals surface area contributed by atoms with Gasteiger partial charge in [-0.05, 0) is 82.6 Å². The van der Waals surface area contributed by atoms with Gasteiger partial charge in [0.25, 0.3) is 0 Å². The number of thioether (sulfide) groups is 1. The zero-order valence-electron chi connectivity index (χ0n) is 16.0. The van der Waals surface area contributed by atoms with E-state index in [0.717, 1.165) is 27.9 Å². The molecule has 0 amide bonds. The Morgan fingerprint density at radius 2 is 1.74 bits per heavy atom. The van der Waals surface area contributed by atoms with E-state index in [0.29, 0.717) is 0 Å². The number of likely N-dealkylation sites (tertiary alicyclic amines) is 1. The third kappa shape index (κ3) is 7.40. The van der Waals surface area contributed by atoms with Crippen molar-refractivity contribution < 1.29 is 4.39 Å². The Bertz CT molecular complexity index is 690. The predicted molar refractivity (Wildman–Crippen MR) is 114 cm³/mol. The molecule has 27 heavy (non-hydrogen) atoms. The number of aryl methyl sites for hydroxylation is 1. The summed E-state index contributed by atoms with van der Waals surface area (Å²) in [5.41, 5.74) is 2.75. The first kappa shape index (κ1) is 22.1. The normalized spacial score (nSPS) is 14.7. The van der Waals surface area contributed by atoms with Gasteiger partial charge in [-0.3, -0.25) is 0 Å². The van der Waals surface area contributed by atoms with Crippen LogP contribution in [0, 0.1) is 12.7 Å². The molecule has 1 saturated heterocycles. The SMILES string of the molecule is Cc1cc(-c2ccc(F)cc2)nc(SCCCCCN2CCCCC2)n1.Cl. The highest BCUT2D eigenvalue weighted by Crippen LogP contribution is 2.23. The van der Waals surface area contributed by atoms with Gasteiger partial charge in [-0.15, -0.1) is 12.4 Å². The number of aromatic nitrogens is 2. The number of hydrogen-bond acceptors (Lipinski definition) is 4. The van der Waals surface area contributed by atoms with Crippen molar-refractivity contribution in [2.75, 3.05) is 25.4 Å². The molecule has 0 N–H and O–H groups in total. The maximum absolute atomic E-state index is 13.1. The van der Waals surface area contributed by atoms with Gasteiger partial charge in [-0.25, -0.2) is 14.4 Å². The van der Waals surface area contributed by atoms with Crippen molar-refractivity contribution in [3.63, 3.8) is 0 Å². The van der Waals surface area contributed by atoms with Gasteiger partial charge in [0.2, 0.25) is 0 Å². The van der Waals surface area contributed by atoms with E-state index in [1.165, 1.54) is 70.3 Å². The van der Waals surface area contributed by atoms with Crippen molar-refractivity contribution in [2.24, 2.45) is 0 Å². The van der Waals surface area contributed by atoms with Crippen molar-refractivity contribution in [3.8, 4) is 11.3 Å². The molecule has 3 nitrogen and oxygen atoms in total. The quantitative estimate of drug-likeness (QED) is 0.315. The molecule has 2 aromatic rings. The first-order valence-corrected chi connectivity index (χ1v) is 10.7. The first-order valence-electron chi connectivity index (χ1n) is 9.67. The van der Waals surface area contributed by atoms with E-state index >= 15 is 0 Å². The van der Waals surface area contributed by atoms with Crippen molar-refractivity contribution >= 4 is 24.2 Å². The average Bonchev–Trinajstić information content (AvgIpc) is 2.65. The summed E-state index contributed by atoms with van der Waals surface area (Å²) >= 11 is 1.72. The molecule has 0 radical (unpaired) electrons. The van der Waals surface area contributed by atoms with E-state index in [2.05, 4.69) is 14.9 Å². The number of hydrogen-bond donors (Lipinski definition) is 0. The van der Waals surface area contributed by atoms with Gasteiger partial charge in [0, 0.05) is 17.0 Å². The number of rotatable bonds is 8. The molecule has 148 valence electrons. The second-order valence-electron chi connectivity index (χ2n) is 7.00. The molecule has 1 fully saturated rings. The van der Waals surface area contributed by atoms with E-state index in [1.807, 2.05) is 13.0 Å². The topological polar surface area (TPSA) is 29.0 Å². The molecule has 1 aromatic carbocycles. The zero-order valence-corrected chi connectivity index (χ0v) is 17.6. The molecule has 1 aliphatic rings. The fraction of sp³-hybridized carbons (Fsp3) is 0.524. The minimum absolute atomic E-state index is 0. The largest absolute Gasteiger partial charge is 0.303 e. The number of benzene rings is 1. The number of unbranched alkanes of at least 4 members (excludes halogenated alkanes) is 2. The van der Waals surface area contributed by atoms with Crippen LogP contribution in [0.3, 0.4) is 0 Å². The van der Waals surface area contributed by atoms with Crippen molar-refractivity contribution in [3.05, 3.63) is 41.8 Å². The molecule has 0 bridgehead atoms. The molecule has 1 aromatic heterocycles. The minimum Gasteiger partial charge on any atom is -0.303 e. The Hall–Kier alpha value is -1.17. The summed E-state index contributed by atoms with van der Waals surface area (Å²) in [6.45, 7) is 5.81. The van der Waals surface area contributed by atoms with Gasteiger partial charge in [0.05, 0.1) is 5.69 Å². The van der Waals surface area contributed by atoms with E-state index in [1.54, 1.807) is 23.9 Å². The molecule has 0 unspecified atom stereocenters. The van der Waals surface area contributed by atoms with Gasteiger partial charge >= 0.3 is 0 Å². The lowest BCUT2D eigenvalue weighted by molar-refractivity contribution is 0.224. The Balaban J connectivity index is 0.00000261. The number of nitrogens with zero attached hydrogens (tertiary/aromatic N) is 3. The average molecular weight is 410 g/mol. The molecule has 0 saturated carbocycles. The van der Waals surface area contributed by atoms with E-state index in [9.17, 15) is 4.39 Å². The van der Waals surface area contributed by atoms with Crippen molar-refractivity contribution in [1.29, 1.82) is 0 Å². The molecule has 3 rings (SSSR count). The Morgan fingerprint density at radius 3 is 2.48 bits per heavy atom. The summed E-state index contributed by atoms with van der Waals surface area (Å²) in [6, 6.07) is 8.44. The molecule has 0 spiro atoms. The summed E-state index contributed by atoms with van der Waals surface area (Å²) in [7, 11) is 0. The van der Waals surface area contributed by atoms with Crippen LogP contribution >= 0.6 is 24.2 Å². The molecular formula is C21H29ClFN3S. The fourth-order valence-electron chi connectivity index (χ4n) is 3.34. The van der Waals surface area contributed by atoms with Crippen LogP contribution in [0.5, 0.6) is 0 Å². The second-order valence-corrected chi connectivity index (χ2v) is 8.06. The maximum atomic E-state index is 13.1. The Morgan fingerprint density at radius 1 is 1.00 bits per heavy atom. The lowest BCUT2D eigenvalue weighted by Crippen LogP contribution is -2.30. The van der Waals surface area contributed by atoms with Gasteiger partial charge in [0.1, 0.15) is 5.82 Å². The van der Waals surface area contributed by atoms with Crippen molar-refractivity contribution in [1.82, 2.24) is 14.9 Å². The number of piperidine rings is 1. The summed E-state index contributed by atoms with van der Waals surface area (Å²) in [4.78, 5) is 11.8. The number of halogens is 2. The Kier molecular flexibility index (Phi) is 9.52. The maximum Gasteiger partial charge on any atom is 0.188 e. The van der Waals surface area contributed by atoms with E-state index < -0.39 is 0 Å². The lowest BCUT2D eigenvalue weighted by atomic mass is 10.1. The summed E-state index contributed by atoms with van der Waals surface area (Å²) in [6.07, 6.45) is 7.90. The molecule has 0 atom stereocenters. The third-order valence-corrected chi connectivity index (χ3v) is 5.71. The van der Waals surface area contributed by atoms with Crippen LogP contribution in [0.25, 0.3) is 11.3 Å². The van der Waals surface area contributed by atoms with Crippen LogP contribution in [0.2, 0.25) is 0 Å². The third-order valence-electron chi connectivity index (χ3n) is 4.77. The fourth-order valence-corrected chi connectivity index (χ4v) is 4.24. The van der Waals surface area contributed by atoms with Gasteiger partial charge in [-0.2, -0.15) is 0 Å². The van der Waals surface area contributed by atoms with Crippen molar-refractivity contribution in [2.45, 2.75) is 50.6 Å². The molecule has 0 aliphatic carbocycles. The molecule has 6 heteroatoms.